The summed E-state index contributed by atoms with van der Waals surface area (Å²) in [5.41, 5.74) is 4.96. The number of rotatable bonds is 7. The van der Waals surface area contributed by atoms with Gasteiger partial charge in [-0.25, -0.2) is 0 Å². The monoisotopic (exact) mass is 346 g/mol. The van der Waals surface area contributed by atoms with Crippen molar-refractivity contribution >= 4 is 18.3 Å². The maximum Gasteiger partial charge on any atom is 0.222 e. The van der Waals surface area contributed by atoms with E-state index in [-0.39, 0.29) is 18.3 Å². The first-order chi connectivity index (χ1) is 11.3. The van der Waals surface area contributed by atoms with Crippen LogP contribution in [0.4, 0.5) is 0 Å². The molecule has 1 aliphatic heterocycles. The van der Waals surface area contributed by atoms with Gasteiger partial charge in [-0.2, -0.15) is 0 Å². The summed E-state index contributed by atoms with van der Waals surface area (Å²) in [6, 6.07) is 16.4. The highest BCUT2D eigenvalue weighted by molar-refractivity contribution is 5.85. The van der Waals surface area contributed by atoms with E-state index in [9.17, 15) is 4.79 Å². The molecule has 0 aromatic heterocycles. The highest BCUT2D eigenvalue weighted by Gasteiger charge is 2.10. The fourth-order valence-corrected chi connectivity index (χ4v) is 2.68. The lowest BCUT2D eigenvalue weighted by atomic mass is 10.1. The van der Waals surface area contributed by atoms with Crippen LogP contribution in [0.3, 0.4) is 0 Å². The molecule has 128 valence electrons. The molecule has 1 heterocycles. The van der Waals surface area contributed by atoms with E-state index in [0.717, 1.165) is 24.2 Å². The van der Waals surface area contributed by atoms with Gasteiger partial charge >= 0.3 is 0 Å². The fraction of sp³-hybridized carbons (Fsp3) is 0.316. The molecule has 0 atom stereocenters. The van der Waals surface area contributed by atoms with Crippen LogP contribution in [0.1, 0.15) is 28.7 Å². The molecule has 3 rings (SSSR count). The molecule has 0 fully saturated rings. The first kappa shape index (κ1) is 18.5. The number of carbonyl (C=O) groups excluding carboxylic acids is 1. The Morgan fingerprint density at radius 2 is 1.83 bits per heavy atom. The molecule has 1 aliphatic rings. The van der Waals surface area contributed by atoms with E-state index in [0.29, 0.717) is 26.2 Å². The lowest BCUT2D eigenvalue weighted by molar-refractivity contribution is -0.122. The number of hydrogen-bond acceptors (Lipinski definition) is 3. The van der Waals surface area contributed by atoms with Crippen molar-refractivity contribution in [1.29, 1.82) is 0 Å². The summed E-state index contributed by atoms with van der Waals surface area (Å²) < 4.78 is 5.53. The third-order valence-electron chi connectivity index (χ3n) is 3.98. The average Bonchev–Trinajstić information content (AvgIpc) is 3.05. The topological polar surface area (TPSA) is 50.4 Å². The second kappa shape index (κ2) is 9.42. The fourth-order valence-electron chi connectivity index (χ4n) is 2.68. The van der Waals surface area contributed by atoms with E-state index in [1.165, 1.54) is 11.1 Å². The zero-order valence-electron chi connectivity index (χ0n) is 13.6. The Labute approximate surface area is 149 Å². The summed E-state index contributed by atoms with van der Waals surface area (Å²) in [6.45, 7) is 3.43. The van der Waals surface area contributed by atoms with Gasteiger partial charge in [0.15, 0.2) is 0 Å². The zero-order chi connectivity index (χ0) is 15.9. The highest BCUT2D eigenvalue weighted by atomic mass is 35.5. The lowest BCUT2D eigenvalue weighted by Gasteiger charge is -2.08. The Bertz CT molecular complexity index is 662. The third kappa shape index (κ3) is 5.34. The molecule has 1 amide bonds. The number of amides is 1. The molecule has 0 spiro atoms. The van der Waals surface area contributed by atoms with Crippen LogP contribution in [0, 0.1) is 0 Å². The summed E-state index contributed by atoms with van der Waals surface area (Å²) in [4.78, 5) is 11.9. The molecule has 2 aromatic rings. The molecular formula is C19H23ClN2O2. The standard InChI is InChI=1S/C19H22N2O2.ClH/c22-19(8-9-23-14-15-4-2-1-3-5-15)21-11-16-6-7-17-12-20-13-18(17)10-16;/h1-7,10,20H,8-9,11-14H2,(H,21,22);1H. The number of hydrogen-bond donors (Lipinski definition) is 2. The van der Waals surface area contributed by atoms with Crippen LogP contribution in [0.5, 0.6) is 0 Å². The Balaban J connectivity index is 0.00000208. The van der Waals surface area contributed by atoms with Crippen molar-refractivity contribution in [3.8, 4) is 0 Å². The summed E-state index contributed by atoms with van der Waals surface area (Å²) in [6.07, 6.45) is 0.388. The molecule has 24 heavy (non-hydrogen) atoms. The molecule has 0 aliphatic carbocycles. The Hall–Kier alpha value is -1.88. The van der Waals surface area contributed by atoms with Crippen LogP contribution in [-0.2, 0) is 35.8 Å². The number of fused-ring (bicyclic) bond motifs is 1. The van der Waals surface area contributed by atoms with Gasteiger partial charge in [0, 0.05) is 26.1 Å². The minimum absolute atomic E-state index is 0. The second-order valence-electron chi connectivity index (χ2n) is 5.77. The van der Waals surface area contributed by atoms with Gasteiger partial charge in [0.2, 0.25) is 5.91 Å². The summed E-state index contributed by atoms with van der Waals surface area (Å²) in [7, 11) is 0. The zero-order valence-corrected chi connectivity index (χ0v) is 14.4. The van der Waals surface area contributed by atoms with E-state index < -0.39 is 0 Å². The first-order valence-electron chi connectivity index (χ1n) is 8.01. The van der Waals surface area contributed by atoms with Crippen LogP contribution in [0.25, 0.3) is 0 Å². The van der Waals surface area contributed by atoms with Crippen molar-refractivity contribution in [1.82, 2.24) is 10.6 Å². The minimum atomic E-state index is 0. The molecule has 0 saturated carbocycles. The Kier molecular flexibility index (Phi) is 7.25. The van der Waals surface area contributed by atoms with E-state index in [1.54, 1.807) is 0 Å². The number of halogens is 1. The average molecular weight is 347 g/mol. The normalized spacial score (nSPS) is 12.3. The number of carbonyl (C=O) groups is 1. The third-order valence-corrected chi connectivity index (χ3v) is 3.98. The number of nitrogens with one attached hydrogen (secondary N) is 2. The van der Waals surface area contributed by atoms with Gasteiger partial charge in [0.1, 0.15) is 0 Å². The van der Waals surface area contributed by atoms with Gasteiger partial charge in [-0.05, 0) is 22.3 Å². The predicted octanol–water partition coefficient (Wildman–Crippen LogP) is 2.93. The molecule has 0 radical (unpaired) electrons. The van der Waals surface area contributed by atoms with Gasteiger partial charge in [-0.3, -0.25) is 4.79 Å². The molecule has 0 unspecified atom stereocenters. The van der Waals surface area contributed by atoms with Crippen molar-refractivity contribution in [2.75, 3.05) is 6.61 Å². The predicted molar refractivity (Wildman–Crippen MR) is 96.8 cm³/mol. The van der Waals surface area contributed by atoms with Crippen LogP contribution >= 0.6 is 12.4 Å². The molecule has 0 bridgehead atoms. The van der Waals surface area contributed by atoms with Gasteiger partial charge in [-0.15, -0.1) is 12.4 Å². The van der Waals surface area contributed by atoms with Gasteiger partial charge in [-0.1, -0.05) is 48.5 Å². The quantitative estimate of drug-likeness (QED) is 0.758. The second-order valence-corrected chi connectivity index (χ2v) is 5.77. The van der Waals surface area contributed by atoms with Crippen LogP contribution in [0.2, 0.25) is 0 Å². The molecular weight excluding hydrogens is 324 g/mol. The molecule has 2 aromatic carbocycles. The van der Waals surface area contributed by atoms with Gasteiger partial charge in [0.05, 0.1) is 13.2 Å². The van der Waals surface area contributed by atoms with Crippen molar-refractivity contribution in [2.45, 2.75) is 32.7 Å². The smallest absolute Gasteiger partial charge is 0.222 e. The van der Waals surface area contributed by atoms with E-state index in [4.69, 9.17) is 4.74 Å². The van der Waals surface area contributed by atoms with Gasteiger partial charge in [0.25, 0.3) is 0 Å². The summed E-state index contributed by atoms with van der Waals surface area (Å²) in [5, 5.41) is 6.27. The van der Waals surface area contributed by atoms with Crippen LogP contribution in [-0.4, -0.2) is 12.5 Å². The Morgan fingerprint density at radius 1 is 1.04 bits per heavy atom. The van der Waals surface area contributed by atoms with E-state index >= 15 is 0 Å². The largest absolute Gasteiger partial charge is 0.376 e. The lowest BCUT2D eigenvalue weighted by Crippen LogP contribution is -2.24. The number of ether oxygens (including phenoxy) is 1. The number of benzene rings is 2. The summed E-state index contributed by atoms with van der Waals surface area (Å²) in [5.74, 6) is 0.0247. The van der Waals surface area contributed by atoms with Crippen LogP contribution in [0.15, 0.2) is 48.5 Å². The Morgan fingerprint density at radius 3 is 2.67 bits per heavy atom. The molecule has 4 nitrogen and oxygen atoms in total. The SMILES string of the molecule is Cl.O=C(CCOCc1ccccc1)NCc1ccc2c(c1)CNC2. The molecule has 5 heteroatoms. The van der Waals surface area contributed by atoms with Crippen molar-refractivity contribution < 1.29 is 9.53 Å². The molecule has 0 saturated heterocycles. The van der Waals surface area contributed by atoms with Crippen LogP contribution < -0.4 is 10.6 Å². The van der Waals surface area contributed by atoms with Crippen molar-refractivity contribution in [3.63, 3.8) is 0 Å². The van der Waals surface area contributed by atoms with Gasteiger partial charge < -0.3 is 15.4 Å². The molecule has 2 N–H and O–H groups in total. The maximum atomic E-state index is 11.9. The van der Waals surface area contributed by atoms with E-state index in [2.05, 4.69) is 28.8 Å². The maximum absolute atomic E-state index is 11.9. The van der Waals surface area contributed by atoms with Crippen molar-refractivity contribution in [2.24, 2.45) is 0 Å². The van der Waals surface area contributed by atoms with Crippen molar-refractivity contribution in [3.05, 3.63) is 70.8 Å². The summed E-state index contributed by atoms with van der Waals surface area (Å²) >= 11 is 0. The highest BCUT2D eigenvalue weighted by Crippen LogP contribution is 2.16. The minimum Gasteiger partial charge on any atom is -0.376 e. The van der Waals surface area contributed by atoms with E-state index in [1.807, 2.05) is 30.3 Å². The first-order valence-corrected chi connectivity index (χ1v) is 8.01.